The van der Waals surface area contributed by atoms with E-state index in [2.05, 4.69) is 26.8 Å². The number of rotatable bonds is 4. The van der Waals surface area contributed by atoms with E-state index in [1.54, 1.807) is 7.11 Å². The summed E-state index contributed by atoms with van der Waals surface area (Å²) in [6.07, 6.45) is 4.02. The van der Waals surface area contributed by atoms with Gasteiger partial charge in [0.25, 0.3) is 0 Å². The predicted octanol–water partition coefficient (Wildman–Crippen LogP) is 3.73. The highest BCUT2D eigenvalue weighted by Crippen LogP contribution is 2.45. The van der Waals surface area contributed by atoms with Crippen molar-refractivity contribution >= 4 is 0 Å². The maximum Gasteiger partial charge on any atom is 0.122 e. The summed E-state index contributed by atoms with van der Waals surface area (Å²) in [5, 5.41) is 10.6. The van der Waals surface area contributed by atoms with Crippen LogP contribution in [-0.2, 0) is 6.42 Å². The Kier molecular flexibility index (Phi) is 4.19. The number of aliphatic hydroxyl groups excluding tert-OH is 1. The molecule has 0 saturated heterocycles. The highest BCUT2D eigenvalue weighted by Gasteiger charge is 2.38. The maximum absolute atomic E-state index is 10.6. The topological polar surface area (TPSA) is 29.5 Å². The van der Waals surface area contributed by atoms with E-state index in [-0.39, 0.29) is 11.5 Å². The number of methoxy groups -OCH3 is 1. The summed E-state index contributed by atoms with van der Waals surface area (Å²) >= 11 is 0. The molecule has 19 heavy (non-hydrogen) atoms. The summed E-state index contributed by atoms with van der Waals surface area (Å²) in [6.45, 7) is 6.64. The van der Waals surface area contributed by atoms with Crippen LogP contribution < -0.4 is 4.74 Å². The van der Waals surface area contributed by atoms with E-state index in [0.717, 1.165) is 17.7 Å². The minimum atomic E-state index is -0.270. The van der Waals surface area contributed by atoms with E-state index in [0.29, 0.717) is 12.3 Å². The molecule has 1 fully saturated rings. The van der Waals surface area contributed by atoms with Gasteiger partial charge in [0.15, 0.2) is 0 Å². The van der Waals surface area contributed by atoms with Crippen molar-refractivity contribution in [3.63, 3.8) is 0 Å². The van der Waals surface area contributed by atoms with Gasteiger partial charge < -0.3 is 9.84 Å². The predicted molar refractivity (Wildman–Crippen MR) is 78.6 cm³/mol. The standard InChI is InChI=1S/C17H26O2/c1-12-7-8-16(19-4)13(10-12)11-15(18)14-6-5-9-17(14,2)3/h7-8,10,14-15,18H,5-6,9,11H2,1-4H3. The van der Waals surface area contributed by atoms with Crippen molar-refractivity contribution in [2.45, 2.75) is 52.6 Å². The molecule has 2 unspecified atom stereocenters. The number of hydrogen-bond acceptors (Lipinski definition) is 2. The van der Waals surface area contributed by atoms with Crippen molar-refractivity contribution < 1.29 is 9.84 Å². The van der Waals surface area contributed by atoms with Gasteiger partial charge in [0.1, 0.15) is 5.75 Å². The summed E-state index contributed by atoms with van der Waals surface area (Å²) < 4.78 is 5.40. The van der Waals surface area contributed by atoms with Crippen molar-refractivity contribution in [2.24, 2.45) is 11.3 Å². The fourth-order valence-corrected chi connectivity index (χ4v) is 3.50. The second kappa shape index (κ2) is 5.54. The molecule has 2 nitrogen and oxygen atoms in total. The first-order valence-electron chi connectivity index (χ1n) is 7.25. The SMILES string of the molecule is COc1ccc(C)cc1CC(O)C1CCCC1(C)C. The molecular formula is C17H26O2. The van der Waals surface area contributed by atoms with E-state index in [4.69, 9.17) is 4.74 Å². The molecule has 2 heteroatoms. The Morgan fingerprint density at radius 3 is 2.74 bits per heavy atom. The van der Waals surface area contributed by atoms with Crippen LogP contribution in [0.25, 0.3) is 0 Å². The van der Waals surface area contributed by atoms with Gasteiger partial charge in [0.2, 0.25) is 0 Å². The Balaban J connectivity index is 2.14. The van der Waals surface area contributed by atoms with Gasteiger partial charge in [-0.25, -0.2) is 0 Å². The molecule has 0 spiro atoms. The zero-order valence-electron chi connectivity index (χ0n) is 12.6. The molecule has 1 N–H and O–H groups in total. The molecule has 0 heterocycles. The molecule has 2 rings (SSSR count). The monoisotopic (exact) mass is 262 g/mol. The lowest BCUT2D eigenvalue weighted by molar-refractivity contribution is 0.0538. The van der Waals surface area contributed by atoms with E-state index in [1.807, 2.05) is 12.1 Å². The fourth-order valence-electron chi connectivity index (χ4n) is 3.50. The van der Waals surface area contributed by atoms with Gasteiger partial charge >= 0.3 is 0 Å². The third kappa shape index (κ3) is 3.11. The highest BCUT2D eigenvalue weighted by atomic mass is 16.5. The maximum atomic E-state index is 10.6. The Morgan fingerprint density at radius 2 is 2.16 bits per heavy atom. The zero-order valence-corrected chi connectivity index (χ0v) is 12.6. The van der Waals surface area contributed by atoms with Crippen LogP contribution in [0.3, 0.4) is 0 Å². The van der Waals surface area contributed by atoms with Crippen molar-refractivity contribution in [2.75, 3.05) is 7.11 Å². The number of benzene rings is 1. The molecule has 0 amide bonds. The molecule has 1 aliphatic rings. The van der Waals surface area contributed by atoms with E-state index >= 15 is 0 Å². The van der Waals surface area contributed by atoms with Crippen molar-refractivity contribution in [3.8, 4) is 5.75 Å². The quantitative estimate of drug-likeness (QED) is 0.896. The van der Waals surface area contributed by atoms with Gasteiger partial charge in [-0.1, -0.05) is 38.0 Å². The van der Waals surface area contributed by atoms with Gasteiger partial charge in [-0.2, -0.15) is 0 Å². The average molecular weight is 262 g/mol. The molecule has 106 valence electrons. The minimum Gasteiger partial charge on any atom is -0.496 e. The summed E-state index contributed by atoms with van der Waals surface area (Å²) in [4.78, 5) is 0. The molecular weight excluding hydrogens is 236 g/mol. The Hall–Kier alpha value is -1.02. The molecule has 0 radical (unpaired) electrons. The lowest BCUT2D eigenvalue weighted by Gasteiger charge is -2.31. The van der Waals surface area contributed by atoms with E-state index in [1.165, 1.54) is 18.4 Å². The fraction of sp³-hybridized carbons (Fsp3) is 0.647. The number of aliphatic hydroxyl groups is 1. The molecule has 1 aliphatic carbocycles. The first-order valence-corrected chi connectivity index (χ1v) is 7.25. The van der Waals surface area contributed by atoms with Crippen molar-refractivity contribution in [3.05, 3.63) is 29.3 Å². The lowest BCUT2D eigenvalue weighted by Crippen LogP contribution is -2.31. The van der Waals surface area contributed by atoms with Crippen LogP contribution in [0.1, 0.15) is 44.2 Å². The Bertz CT molecular complexity index is 437. The van der Waals surface area contributed by atoms with Crippen LogP contribution in [0.4, 0.5) is 0 Å². The summed E-state index contributed by atoms with van der Waals surface area (Å²) in [5.41, 5.74) is 2.60. The number of hydrogen-bond donors (Lipinski definition) is 1. The van der Waals surface area contributed by atoms with E-state index < -0.39 is 0 Å². The average Bonchev–Trinajstić information content (AvgIpc) is 2.69. The van der Waals surface area contributed by atoms with Crippen LogP contribution >= 0.6 is 0 Å². The molecule has 1 saturated carbocycles. The normalized spacial score (nSPS) is 23.3. The summed E-state index contributed by atoms with van der Waals surface area (Å²) in [5.74, 6) is 1.29. The minimum absolute atomic E-state index is 0.260. The van der Waals surface area contributed by atoms with E-state index in [9.17, 15) is 5.11 Å². The second-order valence-electron chi connectivity index (χ2n) is 6.57. The van der Waals surface area contributed by atoms with Crippen LogP contribution in [0, 0.1) is 18.3 Å². The third-order valence-corrected chi connectivity index (χ3v) is 4.67. The van der Waals surface area contributed by atoms with Gasteiger partial charge in [-0.05, 0) is 42.7 Å². The van der Waals surface area contributed by atoms with Crippen LogP contribution in [0.2, 0.25) is 0 Å². The molecule has 2 atom stereocenters. The largest absolute Gasteiger partial charge is 0.496 e. The summed E-state index contributed by atoms with van der Waals surface area (Å²) in [7, 11) is 1.69. The van der Waals surface area contributed by atoms with Gasteiger partial charge in [-0.15, -0.1) is 0 Å². The van der Waals surface area contributed by atoms with Crippen molar-refractivity contribution in [1.29, 1.82) is 0 Å². The van der Waals surface area contributed by atoms with Gasteiger partial charge in [-0.3, -0.25) is 0 Å². The van der Waals surface area contributed by atoms with Gasteiger partial charge in [0.05, 0.1) is 13.2 Å². The van der Waals surface area contributed by atoms with Crippen LogP contribution in [0.15, 0.2) is 18.2 Å². The first-order chi connectivity index (χ1) is 8.94. The Labute approximate surface area is 116 Å². The highest BCUT2D eigenvalue weighted by molar-refractivity contribution is 5.37. The number of aryl methyl sites for hydroxylation is 1. The second-order valence-corrected chi connectivity index (χ2v) is 6.57. The summed E-state index contributed by atoms with van der Waals surface area (Å²) in [6, 6.07) is 6.18. The van der Waals surface area contributed by atoms with Crippen LogP contribution in [-0.4, -0.2) is 18.3 Å². The molecule has 0 bridgehead atoms. The Morgan fingerprint density at radius 1 is 1.42 bits per heavy atom. The van der Waals surface area contributed by atoms with Crippen LogP contribution in [0.5, 0.6) is 5.75 Å². The third-order valence-electron chi connectivity index (χ3n) is 4.67. The number of ether oxygens (including phenoxy) is 1. The van der Waals surface area contributed by atoms with Crippen molar-refractivity contribution in [1.82, 2.24) is 0 Å². The molecule has 0 aromatic heterocycles. The first kappa shape index (κ1) is 14.4. The molecule has 1 aromatic rings. The smallest absolute Gasteiger partial charge is 0.122 e. The lowest BCUT2D eigenvalue weighted by atomic mass is 9.77. The van der Waals surface area contributed by atoms with Gasteiger partial charge in [0, 0.05) is 6.42 Å². The zero-order chi connectivity index (χ0) is 14.0. The molecule has 1 aromatic carbocycles. The molecule has 0 aliphatic heterocycles.